The van der Waals surface area contributed by atoms with Crippen LogP contribution in [0.4, 0.5) is 4.79 Å². The van der Waals surface area contributed by atoms with Crippen molar-refractivity contribution in [3.8, 4) is 10.6 Å². The summed E-state index contributed by atoms with van der Waals surface area (Å²) < 4.78 is 5.14. The third-order valence-corrected chi connectivity index (χ3v) is 5.89. The molecular weight excluding hydrogens is 386 g/mol. The minimum atomic E-state index is -1.10. The van der Waals surface area contributed by atoms with Gasteiger partial charge >= 0.3 is 12.0 Å². The van der Waals surface area contributed by atoms with E-state index in [9.17, 15) is 14.4 Å². The van der Waals surface area contributed by atoms with Gasteiger partial charge in [0.25, 0.3) is 5.91 Å². The molecule has 3 rings (SSSR count). The van der Waals surface area contributed by atoms with Crippen LogP contribution in [0.25, 0.3) is 10.6 Å². The van der Waals surface area contributed by atoms with Crippen LogP contribution in [-0.4, -0.2) is 35.0 Å². The van der Waals surface area contributed by atoms with Gasteiger partial charge in [-0.25, -0.2) is 14.6 Å². The standard InChI is InChI=1S/C18H21N3O4S2/c1-11(15(22)21-18(24)19-13-5-3-2-4-6-13)25-17(23)14-10-27-16(20-14)12-7-8-26-9-12/h7-11,13H,2-6H2,1H3,(H2,19,21,22,24). The molecule has 2 aromatic heterocycles. The highest BCUT2D eigenvalue weighted by Crippen LogP contribution is 2.26. The summed E-state index contributed by atoms with van der Waals surface area (Å²) in [5, 5.41) is 11.2. The molecule has 2 aromatic rings. The van der Waals surface area contributed by atoms with E-state index in [2.05, 4.69) is 15.6 Å². The third kappa shape index (κ3) is 5.36. The zero-order valence-corrected chi connectivity index (χ0v) is 16.5. The number of carbonyl (C=O) groups is 3. The second-order valence-corrected chi connectivity index (χ2v) is 8.03. The van der Waals surface area contributed by atoms with Crippen molar-refractivity contribution in [3.05, 3.63) is 27.9 Å². The van der Waals surface area contributed by atoms with Gasteiger partial charge in [0.05, 0.1) is 0 Å². The number of thiazole rings is 1. The highest BCUT2D eigenvalue weighted by Gasteiger charge is 2.24. The van der Waals surface area contributed by atoms with Gasteiger partial charge in [-0.1, -0.05) is 19.3 Å². The normalized spacial score (nSPS) is 15.7. The smallest absolute Gasteiger partial charge is 0.358 e. The summed E-state index contributed by atoms with van der Waals surface area (Å²) in [7, 11) is 0. The molecule has 0 saturated heterocycles. The largest absolute Gasteiger partial charge is 0.448 e. The van der Waals surface area contributed by atoms with Gasteiger partial charge in [0, 0.05) is 22.4 Å². The van der Waals surface area contributed by atoms with Gasteiger partial charge in [0.2, 0.25) is 0 Å². The van der Waals surface area contributed by atoms with E-state index < -0.39 is 24.0 Å². The number of hydrogen-bond acceptors (Lipinski definition) is 7. The molecule has 0 aliphatic heterocycles. The molecule has 0 spiro atoms. The van der Waals surface area contributed by atoms with Crippen molar-refractivity contribution in [3.63, 3.8) is 0 Å². The summed E-state index contributed by atoms with van der Waals surface area (Å²) >= 11 is 2.88. The monoisotopic (exact) mass is 407 g/mol. The molecule has 1 unspecified atom stereocenters. The SMILES string of the molecule is CC(OC(=O)c1csc(-c2ccsc2)n1)C(=O)NC(=O)NC1CCCCC1. The molecule has 27 heavy (non-hydrogen) atoms. The zero-order valence-electron chi connectivity index (χ0n) is 14.9. The number of imide groups is 1. The van der Waals surface area contributed by atoms with Gasteiger partial charge in [-0.3, -0.25) is 10.1 Å². The van der Waals surface area contributed by atoms with Crippen LogP contribution >= 0.6 is 22.7 Å². The topological polar surface area (TPSA) is 97.4 Å². The van der Waals surface area contributed by atoms with Crippen molar-refractivity contribution in [2.24, 2.45) is 0 Å². The van der Waals surface area contributed by atoms with Crippen LogP contribution in [0.15, 0.2) is 22.2 Å². The number of ether oxygens (including phenoxy) is 1. The Balaban J connectivity index is 1.48. The fourth-order valence-corrected chi connectivity index (χ4v) is 4.34. The first kappa shape index (κ1) is 19.5. The van der Waals surface area contributed by atoms with Crippen molar-refractivity contribution < 1.29 is 19.1 Å². The molecule has 1 atom stereocenters. The van der Waals surface area contributed by atoms with Crippen LogP contribution in [-0.2, 0) is 9.53 Å². The Kier molecular flexibility index (Phi) is 6.57. The number of nitrogens with one attached hydrogen (secondary N) is 2. The zero-order chi connectivity index (χ0) is 19.2. The lowest BCUT2D eigenvalue weighted by Gasteiger charge is -2.23. The van der Waals surface area contributed by atoms with Crippen molar-refractivity contribution in [1.29, 1.82) is 0 Å². The number of amides is 3. The molecule has 0 bridgehead atoms. The highest BCUT2D eigenvalue weighted by atomic mass is 32.1. The first-order chi connectivity index (χ1) is 13.0. The van der Waals surface area contributed by atoms with Gasteiger partial charge in [0.1, 0.15) is 5.01 Å². The number of urea groups is 1. The van der Waals surface area contributed by atoms with E-state index in [-0.39, 0.29) is 11.7 Å². The fraction of sp³-hybridized carbons (Fsp3) is 0.444. The first-order valence-corrected chi connectivity index (χ1v) is 10.7. The van der Waals surface area contributed by atoms with Crippen LogP contribution in [0.1, 0.15) is 49.5 Å². The molecule has 1 aliphatic carbocycles. The third-order valence-electron chi connectivity index (χ3n) is 4.31. The molecule has 0 radical (unpaired) electrons. The summed E-state index contributed by atoms with van der Waals surface area (Å²) in [6.07, 6.45) is 4.07. The molecule has 1 saturated carbocycles. The summed E-state index contributed by atoms with van der Waals surface area (Å²) in [6, 6.07) is 1.46. The van der Waals surface area contributed by atoms with Crippen molar-refractivity contribution in [2.75, 3.05) is 0 Å². The molecule has 7 nitrogen and oxygen atoms in total. The summed E-state index contributed by atoms with van der Waals surface area (Å²) in [6.45, 7) is 1.42. The van der Waals surface area contributed by atoms with Crippen molar-refractivity contribution in [1.82, 2.24) is 15.6 Å². The van der Waals surface area contributed by atoms with Gasteiger partial charge in [-0.15, -0.1) is 11.3 Å². The Morgan fingerprint density at radius 2 is 2.00 bits per heavy atom. The average Bonchev–Trinajstić information content (AvgIpc) is 3.33. The maximum atomic E-state index is 12.2. The summed E-state index contributed by atoms with van der Waals surface area (Å²) in [4.78, 5) is 40.4. The number of esters is 1. The highest BCUT2D eigenvalue weighted by molar-refractivity contribution is 7.14. The second-order valence-electron chi connectivity index (χ2n) is 6.40. The maximum absolute atomic E-state index is 12.2. The Morgan fingerprint density at radius 1 is 1.22 bits per heavy atom. The summed E-state index contributed by atoms with van der Waals surface area (Å²) in [5.41, 5.74) is 1.08. The molecule has 1 aliphatic rings. The minimum absolute atomic E-state index is 0.0925. The Bertz CT molecular complexity index is 797. The van der Waals surface area contributed by atoms with Gasteiger partial charge in [-0.05, 0) is 31.2 Å². The number of aromatic nitrogens is 1. The van der Waals surface area contributed by atoms with Crippen molar-refractivity contribution >= 4 is 40.6 Å². The first-order valence-electron chi connectivity index (χ1n) is 8.83. The molecule has 1 fully saturated rings. The predicted molar refractivity (Wildman–Crippen MR) is 104 cm³/mol. The molecule has 3 amide bonds. The number of carbonyl (C=O) groups excluding carboxylic acids is 3. The fourth-order valence-electron chi connectivity index (χ4n) is 2.84. The molecule has 9 heteroatoms. The quantitative estimate of drug-likeness (QED) is 0.739. The minimum Gasteiger partial charge on any atom is -0.448 e. The van der Waals surface area contributed by atoms with Crippen LogP contribution < -0.4 is 10.6 Å². The number of hydrogen-bond donors (Lipinski definition) is 2. The molecular formula is C18H21N3O4S2. The molecule has 0 aromatic carbocycles. The predicted octanol–water partition coefficient (Wildman–Crippen LogP) is 3.58. The number of thiophene rings is 1. The van der Waals surface area contributed by atoms with E-state index >= 15 is 0 Å². The van der Waals surface area contributed by atoms with Gasteiger partial charge in [-0.2, -0.15) is 11.3 Å². The van der Waals surface area contributed by atoms with Gasteiger partial charge in [0.15, 0.2) is 11.8 Å². The van der Waals surface area contributed by atoms with E-state index in [1.165, 1.54) is 24.7 Å². The maximum Gasteiger partial charge on any atom is 0.358 e. The van der Waals surface area contributed by atoms with Crippen LogP contribution in [0.5, 0.6) is 0 Å². The lowest BCUT2D eigenvalue weighted by molar-refractivity contribution is -0.127. The van der Waals surface area contributed by atoms with Crippen LogP contribution in [0.3, 0.4) is 0 Å². The molecule has 2 N–H and O–H groups in total. The van der Waals surface area contributed by atoms with E-state index in [4.69, 9.17) is 4.74 Å². The lowest BCUT2D eigenvalue weighted by atomic mass is 9.96. The Labute approximate surface area is 165 Å². The van der Waals surface area contributed by atoms with E-state index in [1.54, 1.807) is 16.7 Å². The second kappa shape index (κ2) is 9.09. The van der Waals surface area contributed by atoms with E-state index in [0.717, 1.165) is 31.2 Å². The van der Waals surface area contributed by atoms with E-state index in [0.29, 0.717) is 5.01 Å². The van der Waals surface area contributed by atoms with Crippen molar-refractivity contribution in [2.45, 2.75) is 51.2 Å². The average molecular weight is 408 g/mol. The number of rotatable bonds is 5. The summed E-state index contributed by atoms with van der Waals surface area (Å²) in [5.74, 6) is -1.35. The Morgan fingerprint density at radius 3 is 2.70 bits per heavy atom. The number of nitrogens with zero attached hydrogens (tertiary/aromatic N) is 1. The molecule has 144 valence electrons. The van der Waals surface area contributed by atoms with Crippen LogP contribution in [0.2, 0.25) is 0 Å². The Hall–Kier alpha value is -2.26. The lowest BCUT2D eigenvalue weighted by Crippen LogP contribution is -2.48. The molecule has 2 heterocycles. The van der Waals surface area contributed by atoms with E-state index in [1.807, 2.05) is 16.8 Å². The van der Waals surface area contributed by atoms with Crippen LogP contribution in [0, 0.1) is 0 Å². The van der Waals surface area contributed by atoms with Gasteiger partial charge < -0.3 is 10.1 Å².